The normalized spacial score (nSPS) is 20.5. The zero-order valence-corrected chi connectivity index (χ0v) is 7.26. The Labute approximate surface area is 75.1 Å². The highest BCUT2D eigenvalue weighted by Crippen LogP contribution is 2.35. The fourth-order valence-electron chi connectivity index (χ4n) is 1.41. The van der Waals surface area contributed by atoms with Crippen LogP contribution in [0, 0.1) is 0 Å². The molecule has 1 heterocycles. The minimum atomic E-state index is -0.278. The third kappa shape index (κ3) is 0.916. The molecule has 0 aromatic heterocycles. The first kappa shape index (κ1) is 7.62. The molecule has 0 aliphatic carbocycles. The maximum atomic E-state index is 11.1. The summed E-state index contributed by atoms with van der Waals surface area (Å²) in [6.07, 6.45) is -0.207. The van der Waals surface area contributed by atoms with E-state index < -0.39 is 0 Å². The largest absolute Gasteiger partial charge is 0.454 e. The molecule has 3 heteroatoms. The average molecular weight is 183 g/mol. The Morgan fingerprint density at radius 1 is 1.50 bits per heavy atom. The van der Waals surface area contributed by atoms with E-state index in [9.17, 15) is 4.79 Å². The lowest BCUT2D eigenvalue weighted by molar-refractivity contribution is 0.0422. The summed E-state index contributed by atoms with van der Waals surface area (Å²) < 4.78 is 4.99. The average Bonchev–Trinajstić information content (AvgIpc) is 2.29. The molecule has 2 nitrogen and oxygen atoms in total. The quantitative estimate of drug-likeness (QED) is 0.577. The molecule has 0 saturated carbocycles. The molecule has 0 fully saturated rings. The van der Waals surface area contributed by atoms with E-state index in [2.05, 4.69) is 0 Å². The van der Waals surface area contributed by atoms with Gasteiger partial charge in [-0.25, -0.2) is 4.79 Å². The van der Waals surface area contributed by atoms with E-state index in [0.717, 1.165) is 5.56 Å². The van der Waals surface area contributed by atoms with Gasteiger partial charge in [-0.1, -0.05) is 17.7 Å². The van der Waals surface area contributed by atoms with E-state index in [1.807, 2.05) is 6.92 Å². The second kappa shape index (κ2) is 2.49. The van der Waals surface area contributed by atoms with Gasteiger partial charge in [-0.15, -0.1) is 0 Å². The molecule has 1 atom stereocenters. The molecule has 0 spiro atoms. The van der Waals surface area contributed by atoms with Gasteiger partial charge in [-0.2, -0.15) is 0 Å². The Kier molecular flexibility index (Phi) is 1.58. The van der Waals surface area contributed by atoms with Crippen molar-refractivity contribution in [2.24, 2.45) is 0 Å². The molecular formula is C9H7ClO2. The van der Waals surface area contributed by atoms with E-state index in [0.29, 0.717) is 10.6 Å². The lowest BCUT2D eigenvalue weighted by Crippen LogP contribution is -1.93. The summed E-state index contributed by atoms with van der Waals surface area (Å²) in [6, 6.07) is 5.24. The fourth-order valence-corrected chi connectivity index (χ4v) is 1.74. The molecule has 0 amide bonds. The monoisotopic (exact) mass is 182 g/mol. The number of hydrogen-bond acceptors (Lipinski definition) is 2. The molecule has 0 bridgehead atoms. The summed E-state index contributed by atoms with van der Waals surface area (Å²) in [7, 11) is 0. The van der Waals surface area contributed by atoms with E-state index >= 15 is 0 Å². The molecule has 62 valence electrons. The van der Waals surface area contributed by atoms with Crippen molar-refractivity contribution in [3.8, 4) is 0 Å². The summed E-state index contributed by atoms with van der Waals surface area (Å²) in [6.45, 7) is 1.82. The van der Waals surface area contributed by atoms with E-state index in [4.69, 9.17) is 16.3 Å². The van der Waals surface area contributed by atoms with Gasteiger partial charge in [0, 0.05) is 10.6 Å². The Balaban J connectivity index is 2.67. The Hall–Kier alpha value is -1.02. The number of esters is 1. The van der Waals surface area contributed by atoms with Crippen molar-refractivity contribution in [2.75, 3.05) is 0 Å². The zero-order valence-electron chi connectivity index (χ0n) is 6.50. The summed E-state index contributed by atoms with van der Waals surface area (Å²) >= 11 is 5.90. The minimum absolute atomic E-state index is 0.207. The van der Waals surface area contributed by atoms with Crippen molar-refractivity contribution in [2.45, 2.75) is 13.0 Å². The van der Waals surface area contributed by atoms with Crippen LogP contribution in [0.25, 0.3) is 0 Å². The third-order valence-corrected chi connectivity index (χ3v) is 2.29. The van der Waals surface area contributed by atoms with Crippen LogP contribution in [-0.2, 0) is 4.74 Å². The van der Waals surface area contributed by atoms with Gasteiger partial charge < -0.3 is 4.74 Å². The van der Waals surface area contributed by atoms with Crippen LogP contribution in [0.2, 0.25) is 5.02 Å². The topological polar surface area (TPSA) is 26.3 Å². The van der Waals surface area contributed by atoms with E-state index in [-0.39, 0.29) is 12.1 Å². The van der Waals surface area contributed by atoms with Crippen molar-refractivity contribution in [3.63, 3.8) is 0 Å². The third-order valence-electron chi connectivity index (χ3n) is 1.96. The highest BCUT2D eigenvalue weighted by molar-refractivity contribution is 6.32. The van der Waals surface area contributed by atoms with Crippen molar-refractivity contribution in [1.29, 1.82) is 0 Å². The highest BCUT2D eigenvalue weighted by Gasteiger charge is 2.29. The van der Waals surface area contributed by atoms with Crippen LogP contribution in [0.15, 0.2) is 18.2 Å². The molecule has 0 saturated heterocycles. The van der Waals surface area contributed by atoms with Gasteiger partial charge in [0.05, 0.1) is 5.56 Å². The Bertz CT molecular complexity index is 346. The predicted octanol–water partition coefficient (Wildman–Crippen LogP) is 2.57. The molecule has 1 aromatic carbocycles. The van der Waals surface area contributed by atoms with Gasteiger partial charge in [0.1, 0.15) is 6.10 Å². The van der Waals surface area contributed by atoms with E-state index in [1.54, 1.807) is 18.2 Å². The number of cyclic esters (lactones) is 1. The second-order valence-electron chi connectivity index (χ2n) is 2.75. The summed E-state index contributed by atoms with van der Waals surface area (Å²) in [5.74, 6) is -0.278. The van der Waals surface area contributed by atoms with Crippen LogP contribution in [0.3, 0.4) is 0 Å². The van der Waals surface area contributed by atoms with Crippen LogP contribution in [-0.4, -0.2) is 5.97 Å². The maximum absolute atomic E-state index is 11.1. The van der Waals surface area contributed by atoms with E-state index in [1.165, 1.54) is 0 Å². The standard InChI is InChI=1S/C9H7ClO2/c1-5-8-6(9(11)12-5)3-2-4-7(8)10/h2-5H,1H3. The molecule has 2 rings (SSSR count). The number of carbonyl (C=O) groups excluding carboxylic acids is 1. The van der Waals surface area contributed by atoms with Crippen LogP contribution >= 0.6 is 11.6 Å². The van der Waals surface area contributed by atoms with Crippen LogP contribution in [0.5, 0.6) is 0 Å². The summed E-state index contributed by atoms with van der Waals surface area (Å²) in [4.78, 5) is 11.1. The van der Waals surface area contributed by atoms with Gasteiger partial charge in [0.25, 0.3) is 0 Å². The number of fused-ring (bicyclic) bond motifs is 1. The summed E-state index contributed by atoms with van der Waals surface area (Å²) in [5, 5.41) is 0.603. The number of rotatable bonds is 0. The Morgan fingerprint density at radius 3 is 2.92 bits per heavy atom. The van der Waals surface area contributed by atoms with Gasteiger partial charge in [0.2, 0.25) is 0 Å². The first-order valence-electron chi connectivity index (χ1n) is 3.69. The molecular weight excluding hydrogens is 176 g/mol. The molecule has 1 aliphatic rings. The van der Waals surface area contributed by atoms with Crippen molar-refractivity contribution < 1.29 is 9.53 Å². The minimum Gasteiger partial charge on any atom is -0.454 e. The molecule has 0 radical (unpaired) electrons. The lowest BCUT2D eigenvalue weighted by atomic mass is 10.1. The van der Waals surface area contributed by atoms with Gasteiger partial charge in [-0.05, 0) is 19.1 Å². The zero-order chi connectivity index (χ0) is 8.72. The first-order valence-corrected chi connectivity index (χ1v) is 4.07. The van der Waals surface area contributed by atoms with Crippen molar-refractivity contribution in [3.05, 3.63) is 34.3 Å². The molecule has 12 heavy (non-hydrogen) atoms. The highest BCUT2D eigenvalue weighted by atomic mass is 35.5. The number of benzene rings is 1. The SMILES string of the molecule is CC1OC(=O)c2cccc(Cl)c21. The molecule has 1 unspecified atom stereocenters. The smallest absolute Gasteiger partial charge is 0.339 e. The molecule has 0 N–H and O–H groups in total. The van der Waals surface area contributed by atoms with Crippen LogP contribution in [0.4, 0.5) is 0 Å². The Morgan fingerprint density at radius 2 is 2.25 bits per heavy atom. The number of hydrogen-bond donors (Lipinski definition) is 0. The van der Waals surface area contributed by atoms with Gasteiger partial charge in [0.15, 0.2) is 0 Å². The molecule has 1 aromatic rings. The maximum Gasteiger partial charge on any atom is 0.339 e. The number of halogens is 1. The van der Waals surface area contributed by atoms with Gasteiger partial charge in [-0.3, -0.25) is 0 Å². The predicted molar refractivity (Wildman–Crippen MR) is 45.3 cm³/mol. The van der Waals surface area contributed by atoms with Crippen LogP contribution < -0.4 is 0 Å². The lowest BCUT2D eigenvalue weighted by Gasteiger charge is -2.03. The fraction of sp³-hybridized carbons (Fsp3) is 0.222. The number of ether oxygens (including phenoxy) is 1. The first-order chi connectivity index (χ1) is 5.70. The van der Waals surface area contributed by atoms with Crippen LogP contribution in [0.1, 0.15) is 28.9 Å². The van der Waals surface area contributed by atoms with Crippen molar-refractivity contribution in [1.82, 2.24) is 0 Å². The van der Waals surface area contributed by atoms with Gasteiger partial charge >= 0.3 is 5.97 Å². The number of carbonyl (C=O) groups is 1. The second-order valence-corrected chi connectivity index (χ2v) is 3.16. The molecule has 1 aliphatic heterocycles. The summed E-state index contributed by atoms with van der Waals surface area (Å²) in [5.41, 5.74) is 1.40. The van der Waals surface area contributed by atoms with Crippen molar-refractivity contribution >= 4 is 17.6 Å².